The van der Waals surface area contributed by atoms with Crippen LogP contribution in [0.4, 0.5) is 10.5 Å². The van der Waals surface area contributed by atoms with E-state index in [4.69, 9.17) is 0 Å². The van der Waals surface area contributed by atoms with Gasteiger partial charge in [-0.2, -0.15) is 0 Å². The van der Waals surface area contributed by atoms with Crippen molar-refractivity contribution in [3.05, 3.63) is 59.2 Å². The Morgan fingerprint density at radius 1 is 1.07 bits per heavy atom. The number of carbonyl (C=O) groups excluding carboxylic acids is 3. The topological polar surface area (TPSA) is 113 Å². The molecule has 0 radical (unpaired) electrons. The van der Waals surface area contributed by atoms with Crippen molar-refractivity contribution in [1.82, 2.24) is 9.62 Å². The Balaban J connectivity index is 1.68. The van der Waals surface area contributed by atoms with Crippen molar-refractivity contribution in [2.45, 2.75) is 18.7 Å². The van der Waals surface area contributed by atoms with Gasteiger partial charge in [0.2, 0.25) is 5.91 Å². The molecule has 0 aliphatic carbocycles. The van der Waals surface area contributed by atoms with Gasteiger partial charge in [-0.3, -0.25) is 14.9 Å². The third-order valence-electron chi connectivity index (χ3n) is 4.08. The lowest BCUT2D eigenvalue weighted by Crippen LogP contribution is -2.43. The number of urea groups is 1. The first-order chi connectivity index (χ1) is 12.7. The number of nitrogens with zero attached hydrogens (tertiary/aromatic N) is 1. The summed E-state index contributed by atoms with van der Waals surface area (Å²) in [7, 11) is -4.11. The van der Waals surface area contributed by atoms with Crippen LogP contribution in [0.25, 0.3) is 0 Å². The minimum atomic E-state index is -4.11. The predicted molar refractivity (Wildman–Crippen MR) is 97.7 cm³/mol. The molecule has 2 aromatic carbocycles. The Bertz CT molecular complexity index is 1060. The van der Waals surface area contributed by atoms with E-state index in [2.05, 4.69) is 5.32 Å². The average Bonchev–Trinajstić information content (AvgIpc) is 2.79. The highest BCUT2D eigenvalue weighted by atomic mass is 32.2. The van der Waals surface area contributed by atoms with Crippen LogP contribution in [0.5, 0.6) is 0 Å². The van der Waals surface area contributed by atoms with Crippen LogP contribution in [0, 0.1) is 13.8 Å². The van der Waals surface area contributed by atoms with Gasteiger partial charge < -0.3 is 5.32 Å². The largest absolute Gasteiger partial charge is 0.325 e. The monoisotopic (exact) mass is 387 g/mol. The summed E-state index contributed by atoms with van der Waals surface area (Å²) in [6, 6.07) is 10.3. The lowest BCUT2D eigenvalue weighted by Gasteiger charge is -2.15. The van der Waals surface area contributed by atoms with E-state index in [0.29, 0.717) is 9.99 Å². The number of fused-ring (bicyclic) bond motifs is 1. The van der Waals surface area contributed by atoms with Gasteiger partial charge in [0, 0.05) is 5.69 Å². The molecule has 0 atom stereocenters. The number of rotatable bonds is 3. The normalized spacial score (nSPS) is 14.6. The van der Waals surface area contributed by atoms with Crippen molar-refractivity contribution in [3.63, 3.8) is 0 Å². The van der Waals surface area contributed by atoms with Gasteiger partial charge >= 0.3 is 6.03 Å². The van der Waals surface area contributed by atoms with E-state index >= 15 is 0 Å². The molecule has 0 saturated heterocycles. The molecule has 2 N–H and O–H groups in total. The summed E-state index contributed by atoms with van der Waals surface area (Å²) in [5.74, 6) is -1.71. The molecule has 1 aliphatic heterocycles. The second kappa shape index (κ2) is 6.84. The fraction of sp³-hybridized carbons (Fsp3) is 0.167. The van der Waals surface area contributed by atoms with Crippen molar-refractivity contribution in [1.29, 1.82) is 0 Å². The lowest BCUT2D eigenvalue weighted by atomic mass is 10.1. The van der Waals surface area contributed by atoms with E-state index < -0.39 is 34.4 Å². The first-order valence-electron chi connectivity index (χ1n) is 8.04. The van der Waals surface area contributed by atoms with Crippen molar-refractivity contribution in [2.24, 2.45) is 0 Å². The number of carbonyl (C=O) groups is 3. The van der Waals surface area contributed by atoms with Gasteiger partial charge in [-0.1, -0.05) is 29.8 Å². The zero-order valence-corrected chi connectivity index (χ0v) is 15.5. The molecule has 2 aromatic rings. The third-order valence-corrected chi connectivity index (χ3v) is 5.87. The summed E-state index contributed by atoms with van der Waals surface area (Å²) in [4.78, 5) is 36.2. The molecule has 4 amide bonds. The van der Waals surface area contributed by atoms with E-state index in [9.17, 15) is 22.8 Å². The highest BCUT2D eigenvalue weighted by Crippen LogP contribution is 2.29. The van der Waals surface area contributed by atoms with E-state index in [1.807, 2.05) is 18.3 Å². The smallest absolute Gasteiger partial charge is 0.307 e. The van der Waals surface area contributed by atoms with E-state index in [-0.39, 0.29) is 10.5 Å². The van der Waals surface area contributed by atoms with E-state index in [1.54, 1.807) is 19.1 Å². The molecular formula is C18H17N3O5S. The Labute approximate surface area is 156 Å². The van der Waals surface area contributed by atoms with E-state index in [0.717, 1.165) is 11.1 Å². The van der Waals surface area contributed by atoms with Crippen LogP contribution in [0.15, 0.2) is 47.4 Å². The predicted octanol–water partition coefficient (Wildman–Crippen LogP) is 1.80. The van der Waals surface area contributed by atoms with Gasteiger partial charge in [-0.05, 0) is 37.6 Å². The minimum Gasteiger partial charge on any atom is -0.307 e. The number of benzene rings is 2. The number of sulfonamides is 1. The number of hydrogen-bond donors (Lipinski definition) is 2. The Kier molecular flexibility index (Phi) is 4.71. The highest BCUT2D eigenvalue weighted by molar-refractivity contribution is 7.90. The first kappa shape index (κ1) is 18.6. The zero-order chi connectivity index (χ0) is 19.8. The molecule has 27 heavy (non-hydrogen) atoms. The maximum atomic E-state index is 12.4. The molecule has 0 bridgehead atoms. The van der Waals surface area contributed by atoms with Gasteiger partial charge in [0.15, 0.2) is 0 Å². The molecule has 0 spiro atoms. The molecule has 0 aromatic heterocycles. The average molecular weight is 387 g/mol. The highest BCUT2D eigenvalue weighted by Gasteiger charge is 2.41. The van der Waals surface area contributed by atoms with Crippen LogP contribution in [0.1, 0.15) is 21.5 Å². The number of aryl methyl sites for hydroxylation is 2. The second-order valence-corrected chi connectivity index (χ2v) is 7.96. The van der Waals surface area contributed by atoms with Crippen LogP contribution in [-0.2, 0) is 14.8 Å². The molecule has 8 nitrogen and oxygen atoms in total. The Hall–Kier alpha value is -3.20. The Morgan fingerprint density at radius 3 is 2.44 bits per heavy atom. The van der Waals surface area contributed by atoms with Crippen LogP contribution < -0.4 is 10.6 Å². The van der Waals surface area contributed by atoms with Gasteiger partial charge in [-0.25, -0.2) is 17.5 Å². The number of anilines is 1. The third kappa shape index (κ3) is 3.54. The number of amides is 4. The molecule has 1 aliphatic rings. The SMILES string of the molecule is Cc1ccc(NC(=O)NC(=O)CN2C(=O)c3ccccc3S2(=O)=O)c(C)c1. The molecule has 3 rings (SSSR count). The molecule has 0 unspecified atom stereocenters. The number of imide groups is 1. The van der Waals surface area contributed by atoms with Crippen LogP contribution in [0.2, 0.25) is 0 Å². The summed E-state index contributed by atoms with van der Waals surface area (Å²) in [5.41, 5.74) is 2.35. The summed E-state index contributed by atoms with van der Waals surface area (Å²) in [5, 5.41) is 4.55. The Morgan fingerprint density at radius 2 is 1.78 bits per heavy atom. The van der Waals surface area contributed by atoms with Crippen molar-refractivity contribution < 1.29 is 22.8 Å². The van der Waals surface area contributed by atoms with Crippen LogP contribution >= 0.6 is 0 Å². The zero-order valence-electron chi connectivity index (χ0n) is 14.6. The maximum absolute atomic E-state index is 12.4. The second-order valence-electron chi connectivity index (χ2n) is 6.13. The van der Waals surface area contributed by atoms with Gasteiger partial charge in [0.05, 0.1) is 5.56 Å². The molecule has 9 heteroatoms. The summed E-state index contributed by atoms with van der Waals surface area (Å²) >= 11 is 0. The minimum absolute atomic E-state index is 0.00466. The fourth-order valence-corrected chi connectivity index (χ4v) is 4.32. The summed E-state index contributed by atoms with van der Waals surface area (Å²) in [6.07, 6.45) is 0. The molecule has 0 fully saturated rings. The van der Waals surface area contributed by atoms with Gasteiger partial charge in [0.25, 0.3) is 15.9 Å². The summed E-state index contributed by atoms with van der Waals surface area (Å²) < 4.78 is 25.3. The number of nitrogens with one attached hydrogen (secondary N) is 2. The molecule has 0 saturated carbocycles. The quantitative estimate of drug-likeness (QED) is 0.834. The summed E-state index contributed by atoms with van der Waals surface area (Å²) in [6.45, 7) is 2.93. The number of hydrogen-bond acceptors (Lipinski definition) is 5. The van der Waals surface area contributed by atoms with Gasteiger partial charge in [0.1, 0.15) is 11.4 Å². The van der Waals surface area contributed by atoms with E-state index in [1.165, 1.54) is 24.3 Å². The fourth-order valence-electron chi connectivity index (χ4n) is 2.79. The van der Waals surface area contributed by atoms with Crippen LogP contribution in [-0.4, -0.2) is 37.1 Å². The van der Waals surface area contributed by atoms with Crippen molar-refractivity contribution >= 4 is 33.6 Å². The molecule has 140 valence electrons. The maximum Gasteiger partial charge on any atom is 0.325 e. The van der Waals surface area contributed by atoms with Crippen LogP contribution in [0.3, 0.4) is 0 Å². The van der Waals surface area contributed by atoms with Crippen molar-refractivity contribution in [2.75, 3.05) is 11.9 Å². The first-order valence-corrected chi connectivity index (χ1v) is 9.48. The standard InChI is InChI=1S/C18H17N3O5S/c1-11-7-8-14(12(2)9-11)19-18(24)20-16(22)10-21-17(23)13-5-3-4-6-15(13)27(21,25)26/h3-9H,10H2,1-2H3,(H2,19,20,22,24). The molecule has 1 heterocycles. The van der Waals surface area contributed by atoms with Crippen molar-refractivity contribution in [3.8, 4) is 0 Å². The molecular weight excluding hydrogens is 370 g/mol. The lowest BCUT2D eigenvalue weighted by molar-refractivity contribution is -0.119. The van der Waals surface area contributed by atoms with Gasteiger partial charge in [-0.15, -0.1) is 0 Å².